The Hall–Kier alpha value is -1.23. The van der Waals surface area contributed by atoms with E-state index < -0.39 is 12.1 Å². The van der Waals surface area contributed by atoms with Crippen LogP contribution in [0.2, 0.25) is 5.02 Å². The molecule has 98 valence electrons. The van der Waals surface area contributed by atoms with Gasteiger partial charge in [0.05, 0.1) is 0 Å². The van der Waals surface area contributed by atoms with Crippen molar-refractivity contribution in [3.8, 4) is 0 Å². The predicted molar refractivity (Wildman–Crippen MR) is 62.8 cm³/mol. The van der Waals surface area contributed by atoms with Gasteiger partial charge >= 0.3 is 12.1 Å². The van der Waals surface area contributed by atoms with Crippen molar-refractivity contribution in [3.05, 3.63) is 28.3 Å². The first-order valence-corrected chi connectivity index (χ1v) is 5.85. The summed E-state index contributed by atoms with van der Waals surface area (Å²) in [7, 11) is 0. The molecular formula is C12H11ClF3NO. The van der Waals surface area contributed by atoms with Gasteiger partial charge in [0.2, 0.25) is 0 Å². The highest BCUT2D eigenvalue weighted by Gasteiger charge is 2.39. The molecule has 1 amide bonds. The van der Waals surface area contributed by atoms with Crippen LogP contribution >= 0.6 is 11.6 Å². The molecule has 0 spiro atoms. The van der Waals surface area contributed by atoms with Crippen molar-refractivity contribution < 1.29 is 18.0 Å². The van der Waals surface area contributed by atoms with Crippen LogP contribution < -0.4 is 5.32 Å². The Balaban J connectivity index is 2.24. The summed E-state index contributed by atoms with van der Waals surface area (Å²) in [6, 6.07) is 3.13. The monoisotopic (exact) mass is 277 g/mol. The number of carbonyl (C=O) groups is 1. The molecule has 1 aromatic carbocycles. The number of carbonyl (C=O) groups excluding carboxylic acids is 1. The zero-order valence-electron chi connectivity index (χ0n) is 9.57. The number of benzene rings is 1. The van der Waals surface area contributed by atoms with Gasteiger partial charge in [-0.2, -0.15) is 13.2 Å². The molecule has 1 N–H and O–H groups in total. The molecule has 0 bridgehead atoms. The Morgan fingerprint density at radius 1 is 1.39 bits per heavy atom. The second-order valence-electron chi connectivity index (χ2n) is 4.41. The zero-order valence-corrected chi connectivity index (χ0v) is 10.3. The predicted octanol–water partition coefficient (Wildman–Crippen LogP) is 4.03. The highest BCUT2D eigenvalue weighted by Crippen LogP contribution is 2.44. The first kappa shape index (κ1) is 13.2. The molecule has 1 aromatic rings. The third-order valence-electron chi connectivity index (χ3n) is 2.87. The molecule has 0 aliphatic heterocycles. The summed E-state index contributed by atoms with van der Waals surface area (Å²) in [5, 5.41) is 2.23. The normalized spacial score (nSPS) is 15.6. The lowest BCUT2D eigenvalue weighted by atomic mass is 10.1. The van der Waals surface area contributed by atoms with Crippen LogP contribution in [0.25, 0.3) is 0 Å². The van der Waals surface area contributed by atoms with Crippen LogP contribution in [-0.4, -0.2) is 12.1 Å². The number of anilines is 1. The van der Waals surface area contributed by atoms with Crippen molar-refractivity contribution in [2.24, 2.45) is 0 Å². The second kappa shape index (κ2) is 4.46. The average Bonchev–Trinajstić information content (AvgIpc) is 3.05. The van der Waals surface area contributed by atoms with E-state index >= 15 is 0 Å². The number of alkyl halides is 3. The number of hydrogen-bond donors (Lipinski definition) is 1. The minimum Gasteiger partial charge on any atom is -0.318 e. The molecule has 0 heterocycles. The molecule has 6 heteroatoms. The number of amides is 1. The fourth-order valence-corrected chi connectivity index (χ4v) is 2.06. The van der Waals surface area contributed by atoms with Crippen molar-refractivity contribution in [1.29, 1.82) is 0 Å². The average molecular weight is 278 g/mol. The molecule has 1 fully saturated rings. The van der Waals surface area contributed by atoms with E-state index in [0.717, 1.165) is 18.4 Å². The lowest BCUT2D eigenvalue weighted by Crippen LogP contribution is -2.30. The minimum absolute atomic E-state index is 0.103. The maximum Gasteiger partial charge on any atom is 0.471 e. The summed E-state index contributed by atoms with van der Waals surface area (Å²) in [6.45, 7) is 1.65. The highest BCUT2D eigenvalue weighted by atomic mass is 35.5. The molecule has 2 nitrogen and oxygen atoms in total. The quantitative estimate of drug-likeness (QED) is 0.869. The zero-order chi connectivity index (χ0) is 13.5. The van der Waals surface area contributed by atoms with Crippen molar-refractivity contribution in [3.63, 3.8) is 0 Å². The van der Waals surface area contributed by atoms with Crippen LogP contribution in [0.5, 0.6) is 0 Å². The van der Waals surface area contributed by atoms with E-state index in [-0.39, 0.29) is 5.69 Å². The van der Waals surface area contributed by atoms with Gasteiger partial charge in [-0.1, -0.05) is 17.7 Å². The van der Waals surface area contributed by atoms with E-state index in [9.17, 15) is 18.0 Å². The van der Waals surface area contributed by atoms with Crippen LogP contribution in [0.4, 0.5) is 18.9 Å². The molecule has 1 aliphatic carbocycles. The maximum absolute atomic E-state index is 12.1. The highest BCUT2D eigenvalue weighted by molar-refractivity contribution is 6.31. The van der Waals surface area contributed by atoms with E-state index in [2.05, 4.69) is 0 Å². The molecule has 1 aliphatic rings. The lowest BCUT2D eigenvalue weighted by Gasteiger charge is -2.13. The third kappa shape index (κ3) is 2.77. The van der Waals surface area contributed by atoms with E-state index in [1.54, 1.807) is 13.0 Å². The van der Waals surface area contributed by atoms with Crippen LogP contribution in [0, 0.1) is 6.92 Å². The fourth-order valence-electron chi connectivity index (χ4n) is 1.74. The fraction of sp³-hybridized carbons (Fsp3) is 0.417. The number of rotatable bonds is 2. The summed E-state index contributed by atoms with van der Waals surface area (Å²) >= 11 is 6.00. The summed E-state index contributed by atoms with van der Waals surface area (Å²) in [5.74, 6) is -1.58. The Kier molecular flexibility index (Phi) is 3.27. The number of hydrogen-bond acceptors (Lipinski definition) is 1. The van der Waals surface area contributed by atoms with Crippen molar-refractivity contribution in [2.45, 2.75) is 31.9 Å². The first-order chi connectivity index (χ1) is 8.29. The van der Waals surface area contributed by atoms with Gasteiger partial charge in [-0.25, -0.2) is 0 Å². The molecule has 0 aromatic heterocycles. The minimum atomic E-state index is -4.89. The first-order valence-electron chi connectivity index (χ1n) is 5.47. The number of nitrogens with one attached hydrogen (secondary N) is 1. The Morgan fingerprint density at radius 2 is 2.00 bits per heavy atom. The van der Waals surface area contributed by atoms with Gasteiger partial charge in [0, 0.05) is 10.7 Å². The SMILES string of the molecule is Cc1cc(C2CC2)c(Cl)cc1NC(=O)C(F)(F)F. The molecule has 0 saturated heterocycles. The molecule has 2 rings (SSSR count). The summed E-state index contributed by atoms with van der Waals surface area (Å²) in [6.07, 6.45) is -2.80. The van der Waals surface area contributed by atoms with Gasteiger partial charge in [-0.3, -0.25) is 4.79 Å². The Morgan fingerprint density at radius 3 is 2.50 bits per heavy atom. The van der Waals surface area contributed by atoms with Crippen LogP contribution in [0.1, 0.15) is 29.9 Å². The van der Waals surface area contributed by atoms with E-state index in [1.807, 2.05) is 5.32 Å². The van der Waals surface area contributed by atoms with Gasteiger partial charge in [-0.15, -0.1) is 0 Å². The van der Waals surface area contributed by atoms with Gasteiger partial charge in [0.1, 0.15) is 0 Å². The summed E-state index contributed by atoms with van der Waals surface area (Å²) in [4.78, 5) is 10.8. The van der Waals surface area contributed by atoms with Crippen LogP contribution in [0.15, 0.2) is 12.1 Å². The molecular weight excluding hydrogens is 267 g/mol. The second-order valence-corrected chi connectivity index (χ2v) is 4.82. The summed E-state index contributed by atoms with van der Waals surface area (Å²) in [5.41, 5.74) is 1.63. The lowest BCUT2D eigenvalue weighted by molar-refractivity contribution is -0.167. The standard InChI is InChI=1S/C12H11ClF3NO/c1-6-4-8(7-2-3-7)9(13)5-10(6)17-11(18)12(14,15)16/h4-5,7H,2-3H2,1H3,(H,17,18). The molecule has 1 saturated carbocycles. The third-order valence-corrected chi connectivity index (χ3v) is 3.19. The smallest absolute Gasteiger partial charge is 0.318 e. The van der Waals surface area contributed by atoms with E-state index in [4.69, 9.17) is 11.6 Å². The molecule has 0 unspecified atom stereocenters. The van der Waals surface area contributed by atoms with E-state index in [0.29, 0.717) is 16.5 Å². The van der Waals surface area contributed by atoms with Crippen molar-refractivity contribution in [1.82, 2.24) is 0 Å². The van der Waals surface area contributed by atoms with Gasteiger partial charge in [-0.05, 0) is 42.9 Å². The number of halogens is 4. The molecule has 18 heavy (non-hydrogen) atoms. The van der Waals surface area contributed by atoms with E-state index in [1.165, 1.54) is 6.07 Å². The Labute approximate surface area is 107 Å². The molecule has 0 atom stereocenters. The van der Waals surface area contributed by atoms with Crippen molar-refractivity contribution in [2.75, 3.05) is 5.32 Å². The van der Waals surface area contributed by atoms with Crippen LogP contribution in [-0.2, 0) is 4.79 Å². The molecule has 0 radical (unpaired) electrons. The maximum atomic E-state index is 12.1. The van der Waals surface area contributed by atoms with Crippen molar-refractivity contribution >= 4 is 23.2 Å². The number of aryl methyl sites for hydroxylation is 1. The summed E-state index contributed by atoms with van der Waals surface area (Å²) < 4.78 is 36.4. The van der Waals surface area contributed by atoms with Gasteiger partial charge < -0.3 is 5.32 Å². The Bertz CT molecular complexity index is 495. The van der Waals surface area contributed by atoms with Gasteiger partial charge in [0.25, 0.3) is 0 Å². The topological polar surface area (TPSA) is 29.1 Å². The van der Waals surface area contributed by atoms with Gasteiger partial charge in [0.15, 0.2) is 0 Å². The van der Waals surface area contributed by atoms with Crippen LogP contribution in [0.3, 0.4) is 0 Å². The largest absolute Gasteiger partial charge is 0.471 e.